The number of amides is 1. The van der Waals surface area contributed by atoms with E-state index in [9.17, 15) is 4.79 Å². The molecule has 3 aliphatic rings. The van der Waals surface area contributed by atoms with Crippen LogP contribution >= 0.6 is 0 Å². The number of nitrogens with one attached hydrogen (secondary N) is 1. The smallest absolute Gasteiger partial charge is 0.270 e. The Labute approximate surface area is 148 Å². The molecule has 0 spiro atoms. The van der Waals surface area contributed by atoms with Crippen molar-refractivity contribution in [1.29, 1.82) is 0 Å². The van der Waals surface area contributed by atoms with Gasteiger partial charge in [0.05, 0.1) is 24.9 Å². The van der Waals surface area contributed by atoms with Gasteiger partial charge in [0, 0.05) is 32.6 Å². The molecule has 3 atom stereocenters. The van der Waals surface area contributed by atoms with E-state index in [1.165, 1.54) is 0 Å². The van der Waals surface area contributed by atoms with Gasteiger partial charge in [-0.25, -0.2) is 0 Å². The highest BCUT2D eigenvalue weighted by Gasteiger charge is 2.42. The molecule has 25 heavy (non-hydrogen) atoms. The average Bonchev–Trinajstić information content (AvgIpc) is 3.32. The summed E-state index contributed by atoms with van der Waals surface area (Å²) in [4.78, 5) is 17.6. The highest BCUT2D eigenvalue weighted by atomic mass is 16.5. The molecule has 1 N–H and O–H groups in total. The molecule has 1 aromatic heterocycles. The number of ether oxygens (including phenoxy) is 3. The van der Waals surface area contributed by atoms with E-state index >= 15 is 0 Å². The first-order valence-electron chi connectivity index (χ1n) is 9.56. The summed E-state index contributed by atoms with van der Waals surface area (Å²) in [5.74, 6) is 0.723. The molecule has 3 aliphatic heterocycles. The molecule has 0 aromatic carbocycles. The van der Waals surface area contributed by atoms with Crippen LogP contribution in [-0.4, -0.2) is 67.0 Å². The largest absolute Gasteiger partial charge is 0.381 e. The molecule has 6 nitrogen and oxygen atoms in total. The fourth-order valence-corrected chi connectivity index (χ4v) is 4.27. The van der Waals surface area contributed by atoms with Crippen LogP contribution in [0.4, 0.5) is 0 Å². The van der Waals surface area contributed by atoms with Gasteiger partial charge in [-0.15, -0.1) is 0 Å². The van der Waals surface area contributed by atoms with Crippen molar-refractivity contribution in [1.82, 2.24) is 9.88 Å². The summed E-state index contributed by atoms with van der Waals surface area (Å²) in [7, 11) is 0. The minimum atomic E-state index is 0.0929. The Balaban J connectivity index is 1.23. The zero-order valence-corrected chi connectivity index (χ0v) is 14.7. The van der Waals surface area contributed by atoms with Gasteiger partial charge in [-0.2, -0.15) is 0 Å². The van der Waals surface area contributed by atoms with E-state index in [-0.39, 0.29) is 24.2 Å². The number of hydrogen-bond acceptors (Lipinski definition) is 4. The molecule has 1 amide bonds. The molecule has 0 bridgehead atoms. The van der Waals surface area contributed by atoms with E-state index in [0.717, 1.165) is 58.5 Å². The lowest BCUT2D eigenvalue weighted by Crippen LogP contribution is -2.46. The topological polar surface area (TPSA) is 63.8 Å². The van der Waals surface area contributed by atoms with Gasteiger partial charge in [0.2, 0.25) is 0 Å². The SMILES string of the molecule is O=C(c1ccc[nH]1)N1CC[C@@H]2O[C@@H](COCC3CCOCC3)CC[C@@H]21. The third-order valence-electron chi connectivity index (χ3n) is 5.72. The average molecular weight is 348 g/mol. The fourth-order valence-electron chi connectivity index (χ4n) is 4.27. The van der Waals surface area contributed by atoms with Gasteiger partial charge in [0.1, 0.15) is 5.69 Å². The molecule has 0 aliphatic carbocycles. The molecule has 0 saturated carbocycles. The lowest BCUT2D eigenvalue weighted by molar-refractivity contribution is -0.102. The number of aromatic amines is 1. The normalized spacial score (nSPS) is 30.4. The Hall–Kier alpha value is -1.37. The van der Waals surface area contributed by atoms with Gasteiger partial charge in [0.15, 0.2) is 0 Å². The molecule has 6 heteroatoms. The van der Waals surface area contributed by atoms with Gasteiger partial charge < -0.3 is 24.1 Å². The maximum atomic E-state index is 12.6. The minimum absolute atomic E-state index is 0.0929. The van der Waals surface area contributed by atoms with Gasteiger partial charge in [-0.3, -0.25) is 4.79 Å². The number of rotatable bonds is 5. The molecular weight excluding hydrogens is 320 g/mol. The summed E-state index contributed by atoms with van der Waals surface area (Å²) in [6, 6.07) is 3.92. The van der Waals surface area contributed by atoms with Gasteiger partial charge in [0.25, 0.3) is 5.91 Å². The van der Waals surface area contributed by atoms with Crippen molar-refractivity contribution in [2.75, 3.05) is 33.0 Å². The van der Waals surface area contributed by atoms with Crippen molar-refractivity contribution in [3.63, 3.8) is 0 Å². The number of nitrogens with zero attached hydrogens (tertiary/aromatic N) is 1. The second-order valence-electron chi connectivity index (χ2n) is 7.41. The predicted molar refractivity (Wildman–Crippen MR) is 92.5 cm³/mol. The summed E-state index contributed by atoms with van der Waals surface area (Å²) in [5, 5.41) is 0. The second kappa shape index (κ2) is 7.89. The van der Waals surface area contributed by atoms with Crippen LogP contribution in [0.25, 0.3) is 0 Å². The lowest BCUT2D eigenvalue weighted by Gasteiger charge is -2.36. The van der Waals surface area contributed by atoms with Crippen LogP contribution in [0, 0.1) is 5.92 Å². The standard InChI is InChI=1S/C19H28N2O4/c22-19(16-2-1-8-20-16)21-9-5-18-17(21)4-3-15(25-18)13-24-12-14-6-10-23-11-7-14/h1-2,8,14-15,17-18,20H,3-7,9-13H2/t15-,17+,18+/m1/s1. The molecule has 3 saturated heterocycles. The van der Waals surface area contributed by atoms with Gasteiger partial charge in [-0.1, -0.05) is 0 Å². The van der Waals surface area contributed by atoms with Crippen LogP contribution in [0.3, 0.4) is 0 Å². The molecule has 4 rings (SSSR count). The Morgan fingerprint density at radius 2 is 2.08 bits per heavy atom. The van der Waals surface area contributed by atoms with Crippen molar-refractivity contribution < 1.29 is 19.0 Å². The first-order chi connectivity index (χ1) is 12.3. The predicted octanol–water partition coefficient (Wildman–Crippen LogP) is 2.22. The highest BCUT2D eigenvalue weighted by molar-refractivity contribution is 5.92. The Bertz CT molecular complexity index is 556. The summed E-state index contributed by atoms with van der Waals surface area (Å²) >= 11 is 0. The van der Waals surface area contributed by atoms with Crippen molar-refractivity contribution >= 4 is 5.91 Å². The Kier molecular flexibility index (Phi) is 5.39. The van der Waals surface area contributed by atoms with Gasteiger partial charge >= 0.3 is 0 Å². The fraction of sp³-hybridized carbons (Fsp3) is 0.737. The van der Waals surface area contributed by atoms with Crippen LogP contribution in [0.2, 0.25) is 0 Å². The molecule has 0 radical (unpaired) electrons. The van der Waals surface area contributed by atoms with Crippen molar-refractivity contribution in [3.05, 3.63) is 24.0 Å². The first-order valence-corrected chi connectivity index (χ1v) is 9.56. The van der Waals surface area contributed by atoms with E-state index in [4.69, 9.17) is 14.2 Å². The van der Waals surface area contributed by atoms with Crippen LogP contribution in [0.5, 0.6) is 0 Å². The quantitative estimate of drug-likeness (QED) is 0.886. The van der Waals surface area contributed by atoms with E-state index in [1.807, 2.05) is 17.0 Å². The van der Waals surface area contributed by atoms with E-state index < -0.39 is 0 Å². The third-order valence-corrected chi connectivity index (χ3v) is 5.72. The molecule has 3 fully saturated rings. The minimum Gasteiger partial charge on any atom is -0.381 e. The number of fused-ring (bicyclic) bond motifs is 1. The van der Waals surface area contributed by atoms with E-state index in [1.54, 1.807) is 6.20 Å². The zero-order valence-electron chi connectivity index (χ0n) is 14.7. The van der Waals surface area contributed by atoms with Crippen LogP contribution < -0.4 is 0 Å². The zero-order chi connectivity index (χ0) is 17.1. The molecule has 1 aromatic rings. The Morgan fingerprint density at radius 3 is 2.88 bits per heavy atom. The number of aromatic nitrogens is 1. The van der Waals surface area contributed by atoms with Crippen LogP contribution in [0.15, 0.2) is 18.3 Å². The number of carbonyl (C=O) groups is 1. The van der Waals surface area contributed by atoms with Crippen molar-refractivity contribution in [3.8, 4) is 0 Å². The van der Waals surface area contributed by atoms with E-state index in [2.05, 4.69) is 4.98 Å². The lowest BCUT2D eigenvalue weighted by atomic mass is 9.99. The molecule has 0 unspecified atom stereocenters. The highest BCUT2D eigenvalue weighted by Crippen LogP contribution is 2.32. The number of likely N-dealkylation sites (tertiary alicyclic amines) is 1. The first kappa shape index (κ1) is 17.1. The monoisotopic (exact) mass is 348 g/mol. The summed E-state index contributed by atoms with van der Waals surface area (Å²) in [6.45, 7) is 3.99. The maximum Gasteiger partial charge on any atom is 0.270 e. The maximum absolute atomic E-state index is 12.6. The second-order valence-corrected chi connectivity index (χ2v) is 7.41. The van der Waals surface area contributed by atoms with Crippen molar-refractivity contribution in [2.45, 2.75) is 50.4 Å². The number of carbonyl (C=O) groups excluding carboxylic acids is 1. The van der Waals surface area contributed by atoms with Crippen LogP contribution in [-0.2, 0) is 14.2 Å². The Morgan fingerprint density at radius 1 is 1.20 bits per heavy atom. The summed E-state index contributed by atoms with van der Waals surface area (Å²) in [5.41, 5.74) is 0.669. The molecule has 138 valence electrons. The summed E-state index contributed by atoms with van der Waals surface area (Å²) < 4.78 is 17.6. The van der Waals surface area contributed by atoms with Crippen LogP contribution in [0.1, 0.15) is 42.6 Å². The van der Waals surface area contributed by atoms with Gasteiger partial charge in [-0.05, 0) is 50.2 Å². The van der Waals surface area contributed by atoms with Crippen molar-refractivity contribution in [2.24, 2.45) is 5.92 Å². The third kappa shape index (κ3) is 3.91. The number of hydrogen-bond donors (Lipinski definition) is 1. The molecule has 4 heterocycles. The number of H-pyrrole nitrogens is 1. The van der Waals surface area contributed by atoms with E-state index in [0.29, 0.717) is 18.2 Å². The summed E-state index contributed by atoms with van der Waals surface area (Å²) in [6.07, 6.45) is 7.22. The molecular formula is C19H28N2O4.